The molecule has 5 heteroatoms. The van der Waals surface area contributed by atoms with E-state index in [9.17, 15) is 4.79 Å². The SMILES string of the molecule is O=C(Nc1ccc2c(c1)OCO2)c1ccc(-c2ccccc2)c(CN2CCCCC2)c1. The molecule has 2 aliphatic heterocycles. The highest BCUT2D eigenvalue weighted by atomic mass is 16.7. The standard InChI is InChI=1S/C26H26N2O3/c29-26(27-22-10-12-24-25(16-22)31-18-30-24)20-9-11-23(19-7-3-1-4-8-19)21(15-20)17-28-13-5-2-6-14-28/h1,3-4,7-12,15-16H,2,5-6,13-14,17-18H2,(H,27,29). The van der Waals surface area contributed by atoms with E-state index in [4.69, 9.17) is 9.47 Å². The second-order valence-electron chi connectivity index (χ2n) is 8.10. The van der Waals surface area contributed by atoms with E-state index in [0.29, 0.717) is 22.7 Å². The maximum absolute atomic E-state index is 13.0. The Morgan fingerprint density at radius 3 is 2.52 bits per heavy atom. The van der Waals surface area contributed by atoms with Gasteiger partial charge in [-0.1, -0.05) is 42.8 Å². The predicted molar refractivity (Wildman–Crippen MR) is 122 cm³/mol. The van der Waals surface area contributed by atoms with Gasteiger partial charge in [0.25, 0.3) is 5.91 Å². The number of carbonyl (C=O) groups is 1. The zero-order valence-corrected chi connectivity index (χ0v) is 17.5. The molecule has 0 radical (unpaired) electrons. The monoisotopic (exact) mass is 414 g/mol. The maximum atomic E-state index is 13.0. The van der Waals surface area contributed by atoms with Gasteiger partial charge < -0.3 is 14.8 Å². The summed E-state index contributed by atoms with van der Waals surface area (Å²) in [4.78, 5) is 15.5. The lowest BCUT2D eigenvalue weighted by atomic mass is 9.96. The molecule has 1 fully saturated rings. The lowest BCUT2D eigenvalue weighted by Gasteiger charge is -2.27. The molecule has 1 N–H and O–H groups in total. The van der Waals surface area contributed by atoms with Crippen molar-refractivity contribution in [3.05, 3.63) is 77.9 Å². The van der Waals surface area contributed by atoms with Gasteiger partial charge in [-0.3, -0.25) is 9.69 Å². The average molecular weight is 415 g/mol. The van der Waals surface area contributed by atoms with E-state index >= 15 is 0 Å². The van der Waals surface area contributed by atoms with Crippen molar-refractivity contribution in [1.82, 2.24) is 4.90 Å². The van der Waals surface area contributed by atoms with Gasteiger partial charge in [0.05, 0.1) is 0 Å². The van der Waals surface area contributed by atoms with Crippen molar-refractivity contribution in [1.29, 1.82) is 0 Å². The number of likely N-dealkylation sites (tertiary alicyclic amines) is 1. The minimum Gasteiger partial charge on any atom is -0.454 e. The second kappa shape index (κ2) is 8.82. The first-order valence-corrected chi connectivity index (χ1v) is 10.9. The minimum atomic E-state index is -0.127. The Bertz CT molecular complexity index is 1080. The van der Waals surface area contributed by atoms with E-state index in [1.54, 1.807) is 6.07 Å². The van der Waals surface area contributed by atoms with Crippen molar-refractivity contribution in [2.75, 3.05) is 25.2 Å². The summed E-state index contributed by atoms with van der Waals surface area (Å²) in [5.41, 5.74) is 4.90. The summed E-state index contributed by atoms with van der Waals surface area (Å²) < 4.78 is 10.8. The number of carbonyl (C=O) groups excluding carboxylic acids is 1. The first-order valence-electron chi connectivity index (χ1n) is 10.9. The molecular weight excluding hydrogens is 388 g/mol. The second-order valence-corrected chi connectivity index (χ2v) is 8.10. The average Bonchev–Trinajstić information content (AvgIpc) is 3.28. The van der Waals surface area contributed by atoms with E-state index in [0.717, 1.165) is 19.6 Å². The summed E-state index contributed by atoms with van der Waals surface area (Å²) in [7, 11) is 0. The van der Waals surface area contributed by atoms with Crippen LogP contribution in [0, 0.1) is 0 Å². The number of rotatable bonds is 5. The number of fused-ring (bicyclic) bond motifs is 1. The Labute approximate surface area is 182 Å². The van der Waals surface area contributed by atoms with Crippen LogP contribution in [-0.4, -0.2) is 30.7 Å². The van der Waals surface area contributed by atoms with E-state index in [2.05, 4.69) is 40.5 Å². The van der Waals surface area contributed by atoms with Crippen molar-refractivity contribution >= 4 is 11.6 Å². The Kier molecular flexibility index (Phi) is 5.59. The fourth-order valence-electron chi connectivity index (χ4n) is 4.30. The van der Waals surface area contributed by atoms with Gasteiger partial charge in [-0.05, 0) is 66.9 Å². The number of hydrogen-bond acceptors (Lipinski definition) is 4. The zero-order valence-electron chi connectivity index (χ0n) is 17.5. The molecule has 2 heterocycles. The molecule has 0 saturated carbocycles. The molecule has 0 bridgehead atoms. The molecular formula is C26H26N2O3. The van der Waals surface area contributed by atoms with Crippen molar-refractivity contribution < 1.29 is 14.3 Å². The Hall–Kier alpha value is -3.31. The van der Waals surface area contributed by atoms with Gasteiger partial charge >= 0.3 is 0 Å². The van der Waals surface area contributed by atoms with Crippen LogP contribution >= 0.6 is 0 Å². The van der Waals surface area contributed by atoms with Gasteiger partial charge in [0.2, 0.25) is 6.79 Å². The third kappa shape index (κ3) is 4.42. The number of anilines is 1. The van der Waals surface area contributed by atoms with Gasteiger partial charge in [-0.2, -0.15) is 0 Å². The van der Waals surface area contributed by atoms with Crippen LogP contribution in [0.15, 0.2) is 66.7 Å². The third-order valence-corrected chi connectivity index (χ3v) is 5.93. The molecule has 31 heavy (non-hydrogen) atoms. The van der Waals surface area contributed by atoms with Crippen LogP contribution in [0.4, 0.5) is 5.69 Å². The van der Waals surface area contributed by atoms with Crippen LogP contribution in [-0.2, 0) is 6.54 Å². The van der Waals surface area contributed by atoms with Crippen molar-refractivity contribution in [3.8, 4) is 22.6 Å². The Morgan fingerprint density at radius 1 is 0.871 bits per heavy atom. The largest absolute Gasteiger partial charge is 0.454 e. The minimum absolute atomic E-state index is 0.127. The molecule has 0 aliphatic carbocycles. The number of nitrogens with zero attached hydrogens (tertiary/aromatic N) is 1. The molecule has 0 spiro atoms. The molecule has 0 atom stereocenters. The zero-order chi connectivity index (χ0) is 21.0. The van der Waals surface area contributed by atoms with Gasteiger partial charge in [0, 0.05) is 23.9 Å². The molecule has 0 unspecified atom stereocenters. The molecule has 2 aliphatic rings. The quantitative estimate of drug-likeness (QED) is 0.614. The van der Waals surface area contributed by atoms with E-state index in [-0.39, 0.29) is 12.7 Å². The lowest BCUT2D eigenvalue weighted by molar-refractivity contribution is 0.102. The number of ether oxygens (including phenoxy) is 2. The van der Waals surface area contributed by atoms with Crippen LogP contribution in [0.25, 0.3) is 11.1 Å². The fraction of sp³-hybridized carbons (Fsp3) is 0.269. The van der Waals surface area contributed by atoms with E-state index in [1.165, 1.54) is 36.0 Å². The number of piperidine rings is 1. The Morgan fingerprint density at radius 2 is 1.68 bits per heavy atom. The predicted octanol–water partition coefficient (Wildman–Crippen LogP) is 5.32. The molecule has 1 amide bonds. The molecule has 3 aromatic carbocycles. The van der Waals surface area contributed by atoms with Crippen molar-refractivity contribution in [2.45, 2.75) is 25.8 Å². The molecule has 5 nitrogen and oxygen atoms in total. The number of amides is 1. The van der Waals surface area contributed by atoms with Crippen molar-refractivity contribution in [2.24, 2.45) is 0 Å². The smallest absolute Gasteiger partial charge is 0.255 e. The highest BCUT2D eigenvalue weighted by molar-refractivity contribution is 6.05. The first-order chi connectivity index (χ1) is 15.3. The lowest BCUT2D eigenvalue weighted by Crippen LogP contribution is -2.29. The summed E-state index contributed by atoms with van der Waals surface area (Å²) in [5.74, 6) is 1.23. The fourth-order valence-corrected chi connectivity index (χ4v) is 4.30. The first kappa shape index (κ1) is 19.6. The van der Waals surface area contributed by atoms with Crippen LogP contribution in [0.3, 0.4) is 0 Å². The van der Waals surface area contributed by atoms with Gasteiger partial charge in [-0.25, -0.2) is 0 Å². The molecule has 1 saturated heterocycles. The molecule has 158 valence electrons. The highest BCUT2D eigenvalue weighted by Gasteiger charge is 2.17. The van der Waals surface area contributed by atoms with Gasteiger partial charge in [0.15, 0.2) is 11.5 Å². The summed E-state index contributed by atoms with van der Waals surface area (Å²) in [5, 5.41) is 2.99. The summed E-state index contributed by atoms with van der Waals surface area (Å²) in [6.45, 7) is 3.30. The van der Waals surface area contributed by atoms with E-state index < -0.39 is 0 Å². The summed E-state index contributed by atoms with van der Waals surface area (Å²) in [6, 6.07) is 21.9. The van der Waals surface area contributed by atoms with Crippen LogP contribution in [0.2, 0.25) is 0 Å². The molecule has 3 aromatic rings. The normalized spacial score (nSPS) is 15.6. The van der Waals surface area contributed by atoms with Gasteiger partial charge in [-0.15, -0.1) is 0 Å². The van der Waals surface area contributed by atoms with Crippen LogP contribution in [0.1, 0.15) is 35.2 Å². The maximum Gasteiger partial charge on any atom is 0.255 e. The number of nitrogens with one attached hydrogen (secondary N) is 1. The Balaban J connectivity index is 1.41. The van der Waals surface area contributed by atoms with Crippen LogP contribution in [0.5, 0.6) is 11.5 Å². The van der Waals surface area contributed by atoms with E-state index in [1.807, 2.05) is 30.3 Å². The summed E-state index contributed by atoms with van der Waals surface area (Å²) >= 11 is 0. The third-order valence-electron chi connectivity index (χ3n) is 5.93. The number of benzene rings is 3. The van der Waals surface area contributed by atoms with Crippen molar-refractivity contribution in [3.63, 3.8) is 0 Å². The summed E-state index contributed by atoms with van der Waals surface area (Å²) in [6.07, 6.45) is 3.79. The van der Waals surface area contributed by atoms with Gasteiger partial charge in [0.1, 0.15) is 0 Å². The van der Waals surface area contributed by atoms with Crippen LogP contribution < -0.4 is 14.8 Å². The molecule has 0 aromatic heterocycles. The topological polar surface area (TPSA) is 50.8 Å². The molecule has 5 rings (SSSR count). The highest BCUT2D eigenvalue weighted by Crippen LogP contribution is 2.34. The number of hydrogen-bond donors (Lipinski definition) is 1.